The van der Waals surface area contributed by atoms with Crippen LogP contribution in [0.3, 0.4) is 0 Å². The minimum absolute atomic E-state index is 0.816. The molecule has 0 radical (unpaired) electrons. The maximum absolute atomic E-state index is 4.74. The monoisotopic (exact) mass is 255 g/mol. The molecular formula is C14H13N3S. The first-order chi connectivity index (χ1) is 8.88. The zero-order valence-corrected chi connectivity index (χ0v) is 10.9. The lowest BCUT2D eigenvalue weighted by atomic mass is 10.1. The summed E-state index contributed by atoms with van der Waals surface area (Å²) in [6.07, 6.45) is 3.62. The summed E-state index contributed by atoms with van der Waals surface area (Å²) in [4.78, 5) is 8.88. The first kappa shape index (κ1) is 11.3. The highest BCUT2D eigenvalue weighted by Crippen LogP contribution is 2.26. The van der Waals surface area contributed by atoms with Crippen LogP contribution in [-0.4, -0.2) is 17.0 Å². The summed E-state index contributed by atoms with van der Waals surface area (Å²) in [5.41, 5.74) is 4.38. The molecule has 18 heavy (non-hydrogen) atoms. The maximum atomic E-state index is 4.74. The van der Waals surface area contributed by atoms with E-state index < -0.39 is 0 Å². The lowest BCUT2D eigenvalue weighted by molar-refractivity contribution is 0.817. The molecule has 0 unspecified atom stereocenters. The minimum atomic E-state index is 0.816. The van der Waals surface area contributed by atoms with Gasteiger partial charge in [-0.3, -0.25) is 4.98 Å². The molecule has 3 nitrogen and oxygen atoms in total. The van der Waals surface area contributed by atoms with Crippen molar-refractivity contribution in [1.29, 1.82) is 0 Å². The average Bonchev–Trinajstić information content (AvgIpc) is 2.92. The van der Waals surface area contributed by atoms with E-state index in [0.717, 1.165) is 23.1 Å². The van der Waals surface area contributed by atoms with Gasteiger partial charge in [-0.25, -0.2) is 4.98 Å². The first-order valence-corrected chi connectivity index (χ1v) is 6.73. The second-order valence-electron chi connectivity index (χ2n) is 4.11. The van der Waals surface area contributed by atoms with Crippen molar-refractivity contribution in [2.45, 2.75) is 6.54 Å². The number of nitrogens with one attached hydrogen (secondary N) is 1. The molecule has 0 aromatic carbocycles. The molecule has 3 rings (SSSR count). The largest absolute Gasteiger partial charge is 0.316 e. The summed E-state index contributed by atoms with van der Waals surface area (Å²) in [7, 11) is 1.95. The third-order valence-corrected chi connectivity index (χ3v) is 3.54. The van der Waals surface area contributed by atoms with Crippen molar-refractivity contribution in [3.8, 4) is 11.3 Å². The highest BCUT2D eigenvalue weighted by molar-refractivity contribution is 7.08. The smallest absolute Gasteiger partial charge is 0.0892 e. The molecule has 0 bridgehead atoms. The molecule has 0 saturated carbocycles. The SMILES string of the molecule is CNCc1cc2ccncc2nc1-c1ccsc1. The van der Waals surface area contributed by atoms with Crippen LogP contribution >= 0.6 is 11.3 Å². The van der Waals surface area contributed by atoms with E-state index in [1.165, 1.54) is 11.1 Å². The fourth-order valence-corrected chi connectivity index (χ4v) is 2.68. The maximum Gasteiger partial charge on any atom is 0.0892 e. The summed E-state index contributed by atoms with van der Waals surface area (Å²) in [5.74, 6) is 0. The van der Waals surface area contributed by atoms with E-state index in [9.17, 15) is 0 Å². The van der Waals surface area contributed by atoms with Crippen LogP contribution in [0.4, 0.5) is 0 Å². The Balaban J connectivity index is 2.24. The van der Waals surface area contributed by atoms with E-state index in [0.29, 0.717) is 0 Å². The molecule has 90 valence electrons. The lowest BCUT2D eigenvalue weighted by Crippen LogP contribution is -2.07. The van der Waals surface area contributed by atoms with Gasteiger partial charge in [0.2, 0.25) is 0 Å². The Morgan fingerprint density at radius 1 is 1.33 bits per heavy atom. The van der Waals surface area contributed by atoms with Gasteiger partial charge in [0.1, 0.15) is 0 Å². The molecule has 0 aliphatic rings. The Hall–Kier alpha value is -1.78. The minimum Gasteiger partial charge on any atom is -0.316 e. The second-order valence-corrected chi connectivity index (χ2v) is 4.89. The number of fused-ring (bicyclic) bond motifs is 1. The first-order valence-electron chi connectivity index (χ1n) is 5.79. The van der Waals surface area contributed by atoms with Gasteiger partial charge < -0.3 is 5.32 Å². The van der Waals surface area contributed by atoms with Crippen molar-refractivity contribution in [3.05, 3.63) is 46.9 Å². The Labute approximate surface area is 110 Å². The number of aromatic nitrogens is 2. The van der Waals surface area contributed by atoms with Crippen LogP contribution in [0.1, 0.15) is 5.56 Å². The molecule has 3 heterocycles. The molecule has 0 spiro atoms. The van der Waals surface area contributed by atoms with Crippen molar-refractivity contribution in [1.82, 2.24) is 15.3 Å². The van der Waals surface area contributed by atoms with E-state index in [4.69, 9.17) is 4.98 Å². The number of rotatable bonds is 3. The van der Waals surface area contributed by atoms with Crippen LogP contribution < -0.4 is 5.32 Å². The van der Waals surface area contributed by atoms with Gasteiger partial charge in [-0.1, -0.05) is 0 Å². The Bertz CT molecular complexity index is 662. The molecular weight excluding hydrogens is 242 g/mol. The highest BCUT2D eigenvalue weighted by Gasteiger charge is 2.09. The summed E-state index contributed by atoms with van der Waals surface area (Å²) >= 11 is 1.69. The molecule has 3 aromatic rings. The van der Waals surface area contributed by atoms with Gasteiger partial charge in [0.15, 0.2) is 0 Å². The van der Waals surface area contributed by atoms with E-state index in [1.54, 1.807) is 17.5 Å². The molecule has 0 atom stereocenters. The van der Waals surface area contributed by atoms with Gasteiger partial charge in [-0.15, -0.1) is 0 Å². The third-order valence-electron chi connectivity index (χ3n) is 2.86. The zero-order chi connectivity index (χ0) is 12.4. The van der Waals surface area contributed by atoms with Gasteiger partial charge in [0.25, 0.3) is 0 Å². The van der Waals surface area contributed by atoms with Gasteiger partial charge in [-0.05, 0) is 36.2 Å². The molecule has 0 aliphatic carbocycles. The quantitative estimate of drug-likeness (QED) is 0.781. The van der Waals surface area contributed by atoms with E-state index in [1.807, 2.05) is 19.3 Å². The van der Waals surface area contributed by atoms with Crippen LogP contribution in [0.25, 0.3) is 22.2 Å². The van der Waals surface area contributed by atoms with Crippen LogP contribution in [-0.2, 0) is 6.54 Å². The van der Waals surface area contributed by atoms with Crippen molar-refractivity contribution in [2.75, 3.05) is 7.05 Å². The van der Waals surface area contributed by atoms with Crippen LogP contribution in [0.15, 0.2) is 41.4 Å². The molecule has 3 aromatic heterocycles. The Morgan fingerprint density at radius 3 is 3.06 bits per heavy atom. The molecule has 1 N–H and O–H groups in total. The molecule has 0 aliphatic heterocycles. The molecule has 0 amide bonds. The van der Waals surface area contributed by atoms with Crippen LogP contribution in [0.2, 0.25) is 0 Å². The van der Waals surface area contributed by atoms with Crippen LogP contribution in [0.5, 0.6) is 0 Å². The summed E-state index contributed by atoms with van der Waals surface area (Å²) < 4.78 is 0. The summed E-state index contributed by atoms with van der Waals surface area (Å²) in [6, 6.07) is 6.29. The second kappa shape index (κ2) is 4.84. The van der Waals surface area contributed by atoms with Crippen LogP contribution in [0, 0.1) is 0 Å². The molecule has 0 saturated heterocycles. The standard InChI is InChI=1S/C14H13N3S/c1-15-7-12-6-10-2-4-16-8-13(10)17-14(12)11-3-5-18-9-11/h2-6,8-9,15H,7H2,1H3. The Morgan fingerprint density at radius 2 is 2.28 bits per heavy atom. The number of nitrogens with zero attached hydrogens (tertiary/aromatic N) is 2. The van der Waals surface area contributed by atoms with Gasteiger partial charge in [0, 0.05) is 29.1 Å². The predicted molar refractivity (Wildman–Crippen MR) is 75.6 cm³/mol. The lowest BCUT2D eigenvalue weighted by Gasteiger charge is -2.09. The van der Waals surface area contributed by atoms with Gasteiger partial charge >= 0.3 is 0 Å². The fraction of sp³-hybridized carbons (Fsp3) is 0.143. The number of pyridine rings is 2. The third kappa shape index (κ3) is 2.00. The van der Waals surface area contributed by atoms with Crippen molar-refractivity contribution >= 4 is 22.2 Å². The summed E-state index contributed by atoms with van der Waals surface area (Å²) in [6.45, 7) is 0.816. The highest BCUT2D eigenvalue weighted by atomic mass is 32.1. The van der Waals surface area contributed by atoms with E-state index in [-0.39, 0.29) is 0 Å². The molecule has 4 heteroatoms. The van der Waals surface area contributed by atoms with E-state index >= 15 is 0 Å². The molecule has 0 fully saturated rings. The number of thiophene rings is 1. The van der Waals surface area contributed by atoms with Gasteiger partial charge in [0.05, 0.1) is 17.4 Å². The zero-order valence-electron chi connectivity index (χ0n) is 10.1. The van der Waals surface area contributed by atoms with Crippen molar-refractivity contribution < 1.29 is 0 Å². The summed E-state index contributed by atoms with van der Waals surface area (Å²) in [5, 5.41) is 8.54. The average molecular weight is 255 g/mol. The normalized spacial score (nSPS) is 10.9. The Kier molecular flexibility index (Phi) is 3.04. The fourth-order valence-electron chi connectivity index (χ4n) is 2.04. The van der Waals surface area contributed by atoms with Crippen molar-refractivity contribution in [3.63, 3.8) is 0 Å². The van der Waals surface area contributed by atoms with Gasteiger partial charge in [-0.2, -0.15) is 11.3 Å². The topological polar surface area (TPSA) is 37.8 Å². The number of hydrogen-bond acceptors (Lipinski definition) is 4. The van der Waals surface area contributed by atoms with Crippen molar-refractivity contribution in [2.24, 2.45) is 0 Å². The predicted octanol–water partition coefficient (Wildman–Crippen LogP) is 3.08. The number of hydrogen-bond donors (Lipinski definition) is 1. The van der Waals surface area contributed by atoms with E-state index in [2.05, 4.69) is 33.2 Å².